The van der Waals surface area contributed by atoms with Crippen molar-refractivity contribution in [3.05, 3.63) is 18.2 Å². The van der Waals surface area contributed by atoms with Crippen LogP contribution in [-0.2, 0) is 10.0 Å². The van der Waals surface area contributed by atoms with Gasteiger partial charge in [-0.1, -0.05) is 20.3 Å². The summed E-state index contributed by atoms with van der Waals surface area (Å²) in [5.74, 6) is 0.576. The van der Waals surface area contributed by atoms with Crippen LogP contribution in [0.3, 0.4) is 0 Å². The van der Waals surface area contributed by atoms with Crippen LogP contribution in [0.1, 0.15) is 20.3 Å². The van der Waals surface area contributed by atoms with E-state index < -0.39 is 10.0 Å². The van der Waals surface area contributed by atoms with Crippen LogP contribution < -0.4 is 15.4 Å². The fourth-order valence-corrected chi connectivity index (χ4v) is 2.67. The lowest BCUT2D eigenvalue weighted by Gasteiger charge is -2.23. The number of benzene rings is 1. The molecule has 0 spiro atoms. The Morgan fingerprint density at radius 2 is 2.05 bits per heavy atom. The molecule has 6 heteroatoms. The molecule has 1 atom stereocenters. The molecule has 0 amide bonds. The van der Waals surface area contributed by atoms with E-state index in [1.165, 1.54) is 7.05 Å². The molecule has 0 aliphatic carbocycles. The van der Waals surface area contributed by atoms with E-state index in [2.05, 4.69) is 23.5 Å². The lowest BCUT2D eigenvalue weighted by atomic mass is 10.1. The van der Waals surface area contributed by atoms with Gasteiger partial charge < -0.3 is 10.6 Å². The van der Waals surface area contributed by atoms with Crippen LogP contribution in [-0.4, -0.2) is 29.1 Å². The fraction of sp³-hybridized carbons (Fsp3) is 0.538. The molecule has 3 N–H and O–H groups in total. The van der Waals surface area contributed by atoms with Gasteiger partial charge in [-0.15, -0.1) is 0 Å². The number of nitrogens with two attached hydrogens (primary N) is 1. The Morgan fingerprint density at radius 1 is 1.42 bits per heavy atom. The van der Waals surface area contributed by atoms with E-state index >= 15 is 0 Å². The molecule has 0 saturated carbocycles. The van der Waals surface area contributed by atoms with Crippen molar-refractivity contribution in [1.82, 2.24) is 4.72 Å². The van der Waals surface area contributed by atoms with Gasteiger partial charge >= 0.3 is 0 Å². The second kappa shape index (κ2) is 6.25. The normalized spacial score (nSPS) is 13.3. The fourth-order valence-electron chi connectivity index (χ4n) is 1.83. The third-order valence-electron chi connectivity index (χ3n) is 3.27. The number of sulfonamides is 1. The number of rotatable bonds is 6. The molecule has 0 bridgehead atoms. The lowest BCUT2D eigenvalue weighted by molar-refractivity contribution is 0.560. The Bertz CT molecular complexity index is 529. The summed E-state index contributed by atoms with van der Waals surface area (Å²) < 4.78 is 25.7. The van der Waals surface area contributed by atoms with Crippen molar-refractivity contribution < 1.29 is 8.42 Å². The standard InChI is InChI=1S/C13H23N3O2S/c1-5-10(2)9-16(4)11-6-7-13(12(14)8-11)19(17,18)15-3/h6-8,10,15H,5,9,14H2,1-4H3. The minimum absolute atomic E-state index is 0.121. The molecule has 0 saturated heterocycles. The smallest absolute Gasteiger partial charge is 0.242 e. The maximum absolute atomic E-state index is 11.7. The van der Waals surface area contributed by atoms with Crippen LogP contribution >= 0.6 is 0 Å². The highest BCUT2D eigenvalue weighted by atomic mass is 32.2. The van der Waals surface area contributed by atoms with Gasteiger partial charge in [-0.25, -0.2) is 13.1 Å². The van der Waals surface area contributed by atoms with Crippen molar-refractivity contribution in [3.63, 3.8) is 0 Å². The van der Waals surface area contributed by atoms with E-state index in [0.29, 0.717) is 5.92 Å². The van der Waals surface area contributed by atoms with Gasteiger partial charge in [0.2, 0.25) is 10.0 Å². The molecule has 108 valence electrons. The first-order valence-corrected chi connectivity index (χ1v) is 7.84. The number of nitrogen functional groups attached to an aromatic ring is 1. The molecular formula is C13H23N3O2S. The van der Waals surface area contributed by atoms with Gasteiger partial charge in [-0.2, -0.15) is 0 Å². The lowest BCUT2D eigenvalue weighted by Crippen LogP contribution is -2.24. The maximum atomic E-state index is 11.7. The van der Waals surface area contributed by atoms with Gasteiger partial charge in [0.15, 0.2) is 0 Å². The van der Waals surface area contributed by atoms with E-state index in [4.69, 9.17) is 5.73 Å². The molecule has 0 fully saturated rings. The summed E-state index contributed by atoms with van der Waals surface area (Å²) in [5, 5.41) is 0. The summed E-state index contributed by atoms with van der Waals surface area (Å²) >= 11 is 0. The van der Waals surface area contributed by atoms with E-state index in [1.54, 1.807) is 18.2 Å². The van der Waals surface area contributed by atoms with Crippen molar-refractivity contribution >= 4 is 21.4 Å². The Kier molecular flexibility index (Phi) is 5.20. The third kappa shape index (κ3) is 3.84. The van der Waals surface area contributed by atoms with Crippen molar-refractivity contribution in [1.29, 1.82) is 0 Å². The minimum Gasteiger partial charge on any atom is -0.398 e. The van der Waals surface area contributed by atoms with Gasteiger partial charge in [0.05, 0.1) is 5.69 Å². The molecule has 19 heavy (non-hydrogen) atoms. The largest absolute Gasteiger partial charge is 0.398 e. The van der Waals surface area contributed by atoms with Gasteiger partial charge in [0.1, 0.15) is 4.90 Å². The minimum atomic E-state index is -3.49. The molecule has 0 aliphatic heterocycles. The summed E-state index contributed by atoms with van der Waals surface area (Å²) in [4.78, 5) is 2.20. The number of anilines is 2. The van der Waals surface area contributed by atoms with Crippen LogP contribution in [0, 0.1) is 5.92 Å². The summed E-state index contributed by atoms with van der Waals surface area (Å²) in [6.45, 7) is 5.24. The highest BCUT2D eigenvalue weighted by molar-refractivity contribution is 7.89. The van der Waals surface area contributed by atoms with Crippen molar-refractivity contribution in [2.45, 2.75) is 25.2 Å². The van der Waals surface area contributed by atoms with E-state index in [0.717, 1.165) is 18.7 Å². The van der Waals surface area contributed by atoms with Gasteiger partial charge in [-0.3, -0.25) is 0 Å². The number of nitrogens with one attached hydrogen (secondary N) is 1. The van der Waals surface area contributed by atoms with Crippen molar-refractivity contribution in [2.75, 3.05) is 31.3 Å². The van der Waals surface area contributed by atoms with Gasteiger partial charge in [-0.05, 0) is 31.2 Å². The molecule has 5 nitrogen and oxygen atoms in total. The molecule has 1 aromatic rings. The summed E-state index contributed by atoms with van der Waals surface area (Å²) in [5.41, 5.74) is 7.03. The first-order valence-electron chi connectivity index (χ1n) is 6.36. The average molecular weight is 285 g/mol. The second-order valence-corrected chi connectivity index (χ2v) is 6.68. The Labute approximate surface area is 115 Å². The zero-order valence-electron chi connectivity index (χ0n) is 12.0. The molecule has 1 rings (SSSR count). The highest BCUT2D eigenvalue weighted by Crippen LogP contribution is 2.24. The molecular weight excluding hydrogens is 262 g/mol. The molecule has 1 aromatic carbocycles. The first-order chi connectivity index (χ1) is 8.81. The molecule has 0 heterocycles. The number of hydrogen-bond donors (Lipinski definition) is 2. The predicted molar refractivity (Wildman–Crippen MR) is 79.8 cm³/mol. The van der Waals surface area contributed by atoms with Crippen LogP contribution in [0.2, 0.25) is 0 Å². The summed E-state index contributed by atoms with van der Waals surface area (Å²) in [6, 6.07) is 5.03. The highest BCUT2D eigenvalue weighted by Gasteiger charge is 2.16. The maximum Gasteiger partial charge on any atom is 0.242 e. The molecule has 1 unspecified atom stereocenters. The van der Waals surface area contributed by atoms with Crippen LogP contribution in [0.5, 0.6) is 0 Å². The molecule has 0 aliphatic rings. The first kappa shape index (κ1) is 15.8. The summed E-state index contributed by atoms with van der Waals surface area (Å²) in [6.07, 6.45) is 1.10. The van der Waals surface area contributed by atoms with E-state index in [-0.39, 0.29) is 10.6 Å². The van der Waals surface area contributed by atoms with Crippen LogP contribution in [0.4, 0.5) is 11.4 Å². The zero-order valence-corrected chi connectivity index (χ0v) is 12.8. The molecule has 0 aromatic heterocycles. The monoisotopic (exact) mass is 285 g/mol. The van der Waals surface area contributed by atoms with Crippen molar-refractivity contribution in [2.24, 2.45) is 5.92 Å². The Hall–Kier alpha value is -1.27. The SMILES string of the molecule is CCC(C)CN(C)c1ccc(S(=O)(=O)NC)c(N)c1. The second-order valence-electron chi connectivity index (χ2n) is 4.82. The predicted octanol–water partition coefficient (Wildman–Crippen LogP) is 1.66. The van der Waals surface area contributed by atoms with Crippen molar-refractivity contribution in [3.8, 4) is 0 Å². The van der Waals surface area contributed by atoms with Gasteiger partial charge in [0, 0.05) is 19.3 Å². The van der Waals surface area contributed by atoms with Gasteiger partial charge in [0.25, 0.3) is 0 Å². The Morgan fingerprint density at radius 3 is 2.53 bits per heavy atom. The zero-order chi connectivity index (χ0) is 14.6. The quantitative estimate of drug-likeness (QED) is 0.779. The third-order valence-corrected chi connectivity index (χ3v) is 4.76. The topological polar surface area (TPSA) is 75.4 Å². The molecule has 0 radical (unpaired) electrons. The Balaban J connectivity index is 3.00. The average Bonchev–Trinajstić information content (AvgIpc) is 2.37. The summed E-state index contributed by atoms with van der Waals surface area (Å²) in [7, 11) is -0.140. The van der Waals surface area contributed by atoms with Crippen LogP contribution in [0.15, 0.2) is 23.1 Å². The van der Waals surface area contributed by atoms with E-state index in [1.807, 2.05) is 7.05 Å². The van der Waals surface area contributed by atoms with E-state index in [9.17, 15) is 8.42 Å². The number of nitrogens with zero attached hydrogens (tertiary/aromatic N) is 1. The number of hydrogen-bond acceptors (Lipinski definition) is 4. The van der Waals surface area contributed by atoms with Crippen LogP contribution in [0.25, 0.3) is 0 Å².